The highest BCUT2D eigenvalue weighted by Crippen LogP contribution is 2.39. The number of anilines is 1. The van der Waals surface area contributed by atoms with E-state index in [1.165, 1.54) is 18.4 Å². The molecule has 2 aromatic carbocycles. The molecule has 0 radical (unpaired) electrons. The van der Waals surface area contributed by atoms with Crippen LogP contribution in [-0.2, 0) is 4.79 Å². The Morgan fingerprint density at radius 2 is 1.77 bits per heavy atom. The summed E-state index contributed by atoms with van der Waals surface area (Å²) in [5, 5.41) is 3.21. The molecule has 3 rings (SSSR count). The maximum absolute atomic E-state index is 13.0. The van der Waals surface area contributed by atoms with Crippen LogP contribution in [0.15, 0.2) is 48.5 Å². The monoisotopic (exact) mass is 351 g/mol. The molecule has 3 heteroatoms. The van der Waals surface area contributed by atoms with Crippen molar-refractivity contribution < 1.29 is 9.28 Å². The van der Waals surface area contributed by atoms with Crippen molar-refractivity contribution in [3.05, 3.63) is 65.2 Å². The van der Waals surface area contributed by atoms with E-state index in [-0.39, 0.29) is 5.91 Å². The predicted molar refractivity (Wildman–Crippen MR) is 108 cm³/mol. The second-order valence-corrected chi connectivity index (χ2v) is 7.71. The van der Waals surface area contributed by atoms with Gasteiger partial charge in [-0.1, -0.05) is 55.5 Å². The number of nitrogens with one attached hydrogen (secondary N) is 1. The third-order valence-corrected chi connectivity index (χ3v) is 5.80. The van der Waals surface area contributed by atoms with Crippen LogP contribution in [0.3, 0.4) is 0 Å². The molecule has 1 aliphatic rings. The first kappa shape index (κ1) is 18.7. The zero-order valence-corrected chi connectivity index (χ0v) is 16.3. The fourth-order valence-electron chi connectivity index (χ4n) is 4.65. The molecule has 0 saturated carbocycles. The molecule has 138 valence electrons. The summed E-state index contributed by atoms with van der Waals surface area (Å²) in [5.74, 6) is 0.138. The molecule has 1 amide bonds. The molecule has 1 N–H and O–H groups in total. The first-order valence-corrected chi connectivity index (χ1v) is 9.82. The molecular weight excluding hydrogens is 320 g/mol. The quantitative estimate of drug-likeness (QED) is 0.729. The van der Waals surface area contributed by atoms with Gasteiger partial charge in [0.15, 0.2) is 6.54 Å². The van der Waals surface area contributed by atoms with Crippen molar-refractivity contribution in [1.82, 2.24) is 0 Å². The highest BCUT2D eigenvalue weighted by molar-refractivity contribution is 5.93. The highest BCUT2D eigenvalue weighted by atomic mass is 16.2. The summed E-state index contributed by atoms with van der Waals surface area (Å²) in [5.41, 5.74) is 4.60. The Hall–Kier alpha value is -2.13. The van der Waals surface area contributed by atoms with Gasteiger partial charge in [-0.25, -0.2) is 0 Å². The summed E-state index contributed by atoms with van der Waals surface area (Å²) < 4.78 is 0.886. The van der Waals surface area contributed by atoms with Crippen molar-refractivity contribution >= 4 is 11.6 Å². The van der Waals surface area contributed by atoms with Crippen molar-refractivity contribution in [3.63, 3.8) is 0 Å². The van der Waals surface area contributed by atoms with Gasteiger partial charge in [-0.05, 0) is 31.4 Å². The van der Waals surface area contributed by atoms with Gasteiger partial charge in [0.25, 0.3) is 5.91 Å². The standard InChI is InChI=1S/C23H30N2O/c1-4-15-25(16-9-14-21(25)20-12-6-5-7-13-20)17-22(26)24-23-18(2)10-8-11-19(23)3/h5-8,10-13,21H,4,9,14-17H2,1-3H3/p+1. The normalized spacial score (nSPS) is 22.3. The van der Waals surface area contributed by atoms with Crippen LogP contribution >= 0.6 is 0 Å². The molecule has 1 saturated heterocycles. The van der Waals surface area contributed by atoms with E-state index in [0.717, 1.165) is 40.8 Å². The van der Waals surface area contributed by atoms with Crippen molar-refractivity contribution in [3.8, 4) is 0 Å². The summed E-state index contributed by atoms with van der Waals surface area (Å²) in [6, 6.07) is 17.3. The van der Waals surface area contributed by atoms with E-state index in [1.54, 1.807) is 0 Å². The number of quaternary nitrogens is 1. The topological polar surface area (TPSA) is 29.1 Å². The Labute approximate surface area is 157 Å². The lowest BCUT2D eigenvalue weighted by molar-refractivity contribution is -0.937. The lowest BCUT2D eigenvalue weighted by Gasteiger charge is -2.40. The SMILES string of the molecule is CCC[N+]1(CC(=O)Nc2c(C)cccc2C)CCCC1c1ccccc1. The fourth-order valence-corrected chi connectivity index (χ4v) is 4.65. The van der Waals surface area contributed by atoms with Gasteiger partial charge in [-0.3, -0.25) is 4.79 Å². The van der Waals surface area contributed by atoms with E-state index in [9.17, 15) is 4.79 Å². The number of amides is 1. The molecule has 1 aliphatic heterocycles. The van der Waals surface area contributed by atoms with Crippen molar-refractivity contribution in [2.45, 2.75) is 46.1 Å². The minimum atomic E-state index is 0.138. The number of nitrogens with zero attached hydrogens (tertiary/aromatic N) is 1. The molecule has 3 nitrogen and oxygen atoms in total. The van der Waals surface area contributed by atoms with Crippen LogP contribution in [0.4, 0.5) is 5.69 Å². The van der Waals surface area contributed by atoms with Crippen LogP contribution in [0.25, 0.3) is 0 Å². The Kier molecular flexibility index (Phi) is 5.77. The lowest BCUT2D eigenvalue weighted by Crippen LogP contribution is -2.52. The summed E-state index contributed by atoms with van der Waals surface area (Å²) in [6.07, 6.45) is 3.46. The number of hydrogen-bond acceptors (Lipinski definition) is 1. The van der Waals surface area contributed by atoms with Crippen LogP contribution in [0.1, 0.15) is 48.9 Å². The molecule has 2 atom stereocenters. The van der Waals surface area contributed by atoms with E-state index < -0.39 is 0 Å². The van der Waals surface area contributed by atoms with E-state index in [2.05, 4.69) is 68.6 Å². The minimum Gasteiger partial charge on any atom is -0.321 e. The van der Waals surface area contributed by atoms with Crippen molar-refractivity contribution in [2.75, 3.05) is 25.0 Å². The number of aryl methyl sites for hydroxylation is 2. The van der Waals surface area contributed by atoms with Crippen LogP contribution in [-0.4, -0.2) is 30.0 Å². The molecule has 0 aromatic heterocycles. The number of hydrogen-bond donors (Lipinski definition) is 1. The number of benzene rings is 2. The van der Waals surface area contributed by atoms with Gasteiger partial charge in [0.1, 0.15) is 6.04 Å². The smallest absolute Gasteiger partial charge is 0.279 e. The Bertz CT molecular complexity index is 736. The highest BCUT2D eigenvalue weighted by Gasteiger charge is 2.43. The third-order valence-electron chi connectivity index (χ3n) is 5.80. The van der Waals surface area contributed by atoms with Crippen LogP contribution in [0, 0.1) is 13.8 Å². The summed E-state index contributed by atoms with van der Waals surface area (Å²) in [7, 11) is 0. The number of carbonyl (C=O) groups excluding carboxylic acids is 1. The number of para-hydroxylation sites is 1. The van der Waals surface area contributed by atoms with Crippen molar-refractivity contribution in [2.24, 2.45) is 0 Å². The van der Waals surface area contributed by atoms with E-state index >= 15 is 0 Å². The maximum atomic E-state index is 13.0. The van der Waals surface area contributed by atoms with Gasteiger partial charge in [0, 0.05) is 24.1 Å². The fraction of sp³-hybridized carbons (Fsp3) is 0.435. The number of likely N-dealkylation sites (tertiary alicyclic amines) is 1. The van der Waals surface area contributed by atoms with Crippen LogP contribution in [0.2, 0.25) is 0 Å². The number of rotatable bonds is 6. The summed E-state index contributed by atoms with van der Waals surface area (Å²) in [6.45, 7) is 9.04. The minimum absolute atomic E-state index is 0.138. The average Bonchev–Trinajstić information content (AvgIpc) is 3.02. The van der Waals surface area contributed by atoms with Gasteiger partial charge in [0.2, 0.25) is 0 Å². The summed E-state index contributed by atoms with van der Waals surface area (Å²) in [4.78, 5) is 13.0. The molecule has 1 heterocycles. The zero-order chi connectivity index (χ0) is 18.6. The molecule has 26 heavy (non-hydrogen) atoms. The molecule has 0 aliphatic carbocycles. The second-order valence-electron chi connectivity index (χ2n) is 7.71. The Balaban J connectivity index is 1.82. The predicted octanol–water partition coefficient (Wildman–Crippen LogP) is 5.00. The Morgan fingerprint density at radius 3 is 2.42 bits per heavy atom. The zero-order valence-electron chi connectivity index (χ0n) is 16.3. The molecule has 2 aromatic rings. The van der Waals surface area contributed by atoms with Crippen molar-refractivity contribution in [1.29, 1.82) is 0 Å². The first-order valence-electron chi connectivity index (χ1n) is 9.82. The van der Waals surface area contributed by atoms with Gasteiger partial charge < -0.3 is 9.80 Å². The van der Waals surface area contributed by atoms with Crippen LogP contribution < -0.4 is 5.32 Å². The molecule has 2 unspecified atom stereocenters. The van der Waals surface area contributed by atoms with E-state index in [1.807, 2.05) is 6.07 Å². The summed E-state index contributed by atoms with van der Waals surface area (Å²) >= 11 is 0. The van der Waals surface area contributed by atoms with E-state index in [0.29, 0.717) is 12.6 Å². The average molecular weight is 352 g/mol. The Morgan fingerprint density at radius 1 is 1.08 bits per heavy atom. The number of carbonyl (C=O) groups is 1. The first-order chi connectivity index (χ1) is 12.6. The van der Waals surface area contributed by atoms with Gasteiger partial charge >= 0.3 is 0 Å². The van der Waals surface area contributed by atoms with Gasteiger partial charge in [0.05, 0.1) is 13.1 Å². The molecule has 0 bridgehead atoms. The largest absolute Gasteiger partial charge is 0.321 e. The molecule has 1 fully saturated rings. The second kappa shape index (κ2) is 8.05. The molecule has 0 spiro atoms. The van der Waals surface area contributed by atoms with Gasteiger partial charge in [-0.15, -0.1) is 0 Å². The maximum Gasteiger partial charge on any atom is 0.279 e. The van der Waals surface area contributed by atoms with E-state index in [4.69, 9.17) is 0 Å². The van der Waals surface area contributed by atoms with Gasteiger partial charge in [-0.2, -0.15) is 0 Å². The third kappa shape index (κ3) is 3.83. The lowest BCUT2D eigenvalue weighted by atomic mass is 10.0. The molecular formula is C23H31N2O+. The van der Waals surface area contributed by atoms with Crippen LogP contribution in [0.5, 0.6) is 0 Å².